The highest BCUT2D eigenvalue weighted by atomic mass is 16.6. The first-order valence-corrected chi connectivity index (χ1v) is 4.93. The van der Waals surface area contributed by atoms with Crippen molar-refractivity contribution in [1.82, 2.24) is 0 Å². The summed E-state index contributed by atoms with van der Waals surface area (Å²) in [4.78, 5) is 10.2. The number of rotatable bonds is 4. The quantitative estimate of drug-likeness (QED) is 0.612. The van der Waals surface area contributed by atoms with Gasteiger partial charge >= 0.3 is 0 Å². The summed E-state index contributed by atoms with van der Waals surface area (Å²) in [5.74, 6) is 0.305. The highest BCUT2D eigenvalue weighted by Crippen LogP contribution is 2.28. The Kier molecular flexibility index (Phi) is 3.80. The molecule has 1 atom stereocenters. The molecule has 0 bridgehead atoms. The van der Waals surface area contributed by atoms with Crippen molar-refractivity contribution in [2.24, 2.45) is 5.92 Å². The van der Waals surface area contributed by atoms with Crippen molar-refractivity contribution in [3.63, 3.8) is 0 Å². The summed E-state index contributed by atoms with van der Waals surface area (Å²) in [5.41, 5.74) is 0.391. The largest absolute Gasteiger partial charge is 0.388 e. The molecule has 1 aromatic carbocycles. The Morgan fingerprint density at radius 1 is 1.40 bits per heavy atom. The summed E-state index contributed by atoms with van der Waals surface area (Å²) >= 11 is 0. The Morgan fingerprint density at radius 2 is 2.00 bits per heavy atom. The minimum atomic E-state index is -0.758. The summed E-state index contributed by atoms with van der Waals surface area (Å²) in [6.45, 7) is 3.94. The zero-order valence-electron chi connectivity index (χ0n) is 8.88. The first-order chi connectivity index (χ1) is 7.02. The van der Waals surface area contributed by atoms with E-state index in [1.807, 2.05) is 13.8 Å². The van der Waals surface area contributed by atoms with Crippen LogP contribution >= 0.6 is 0 Å². The number of nitrogens with zero attached hydrogens (tertiary/aromatic N) is 1. The minimum absolute atomic E-state index is 0.00866. The van der Waals surface area contributed by atoms with Crippen molar-refractivity contribution >= 4 is 5.69 Å². The summed E-state index contributed by atoms with van der Waals surface area (Å²) in [6.07, 6.45) is -0.225. The molecule has 0 radical (unpaired) electrons. The number of nitro benzene ring substituents is 1. The molecule has 0 aliphatic rings. The number of benzene rings is 1. The topological polar surface area (TPSA) is 63.4 Å². The highest BCUT2D eigenvalue weighted by molar-refractivity contribution is 5.41. The van der Waals surface area contributed by atoms with Gasteiger partial charge in [0.15, 0.2) is 0 Å². The van der Waals surface area contributed by atoms with Crippen LogP contribution in [0.3, 0.4) is 0 Å². The van der Waals surface area contributed by atoms with Crippen LogP contribution in [0.4, 0.5) is 5.69 Å². The molecule has 1 N–H and O–H groups in total. The maximum Gasteiger partial charge on any atom is 0.275 e. The molecule has 0 fully saturated rings. The number of nitro groups is 1. The second kappa shape index (κ2) is 4.89. The van der Waals surface area contributed by atoms with Crippen LogP contribution in [-0.2, 0) is 0 Å². The van der Waals surface area contributed by atoms with Gasteiger partial charge in [-0.2, -0.15) is 0 Å². The van der Waals surface area contributed by atoms with E-state index < -0.39 is 11.0 Å². The van der Waals surface area contributed by atoms with Crippen LogP contribution in [0.2, 0.25) is 0 Å². The van der Waals surface area contributed by atoms with Gasteiger partial charge in [-0.1, -0.05) is 26.0 Å². The predicted octanol–water partition coefficient (Wildman–Crippen LogP) is 2.67. The van der Waals surface area contributed by atoms with E-state index in [9.17, 15) is 15.2 Å². The minimum Gasteiger partial charge on any atom is -0.388 e. The van der Waals surface area contributed by atoms with Crippen LogP contribution in [0.25, 0.3) is 0 Å². The SMILES string of the molecule is CC(C)C[C@H](O)c1ccccc1[N+](=O)[O-]. The Balaban J connectivity index is 2.97. The lowest BCUT2D eigenvalue weighted by molar-refractivity contribution is -0.386. The van der Waals surface area contributed by atoms with Crippen molar-refractivity contribution in [2.75, 3.05) is 0 Å². The molecule has 82 valence electrons. The Bertz CT molecular complexity index is 349. The zero-order chi connectivity index (χ0) is 11.4. The average Bonchev–Trinajstić information content (AvgIpc) is 2.16. The fourth-order valence-electron chi connectivity index (χ4n) is 1.51. The van der Waals surface area contributed by atoms with Gasteiger partial charge < -0.3 is 5.11 Å². The van der Waals surface area contributed by atoms with E-state index >= 15 is 0 Å². The van der Waals surface area contributed by atoms with E-state index in [1.54, 1.807) is 18.2 Å². The molecule has 1 aromatic rings. The van der Waals surface area contributed by atoms with Crippen LogP contribution in [0, 0.1) is 16.0 Å². The normalized spacial score (nSPS) is 12.8. The van der Waals surface area contributed by atoms with Crippen molar-refractivity contribution < 1.29 is 10.0 Å². The van der Waals surface area contributed by atoms with Gasteiger partial charge in [0.25, 0.3) is 5.69 Å². The molecule has 0 saturated carbocycles. The van der Waals surface area contributed by atoms with E-state index in [-0.39, 0.29) is 5.69 Å². The fourth-order valence-corrected chi connectivity index (χ4v) is 1.51. The van der Waals surface area contributed by atoms with Crippen molar-refractivity contribution in [3.8, 4) is 0 Å². The zero-order valence-corrected chi connectivity index (χ0v) is 8.88. The number of hydrogen-bond donors (Lipinski definition) is 1. The summed E-state index contributed by atoms with van der Waals surface area (Å²) in [6, 6.07) is 6.32. The van der Waals surface area contributed by atoms with Crippen LogP contribution in [0.15, 0.2) is 24.3 Å². The molecule has 4 nitrogen and oxygen atoms in total. The highest BCUT2D eigenvalue weighted by Gasteiger charge is 2.19. The van der Waals surface area contributed by atoms with Gasteiger partial charge in [-0.25, -0.2) is 0 Å². The van der Waals surface area contributed by atoms with Gasteiger partial charge in [-0.3, -0.25) is 10.1 Å². The average molecular weight is 209 g/mol. The Hall–Kier alpha value is -1.42. The van der Waals surface area contributed by atoms with E-state index in [0.717, 1.165) is 0 Å². The Labute approximate surface area is 88.7 Å². The number of para-hydroxylation sites is 1. The monoisotopic (exact) mass is 209 g/mol. The summed E-state index contributed by atoms with van der Waals surface area (Å²) in [5, 5.41) is 20.5. The predicted molar refractivity (Wildman–Crippen MR) is 57.5 cm³/mol. The molecule has 0 heterocycles. The third kappa shape index (κ3) is 3.02. The number of aliphatic hydroxyl groups is 1. The summed E-state index contributed by atoms with van der Waals surface area (Å²) < 4.78 is 0. The standard InChI is InChI=1S/C11H15NO3/c1-8(2)7-11(13)9-5-3-4-6-10(9)12(14)15/h3-6,8,11,13H,7H2,1-2H3/t11-/m0/s1. The molecular weight excluding hydrogens is 194 g/mol. The van der Waals surface area contributed by atoms with Gasteiger partial charge in [0.2, 0.25) is 0 Å². The molecule has 1 rings (SSSR count). The molecule has 0 spiro atoms. The van der Waals surface area contributed by atoms with Crippen LogP contribution in [0.1, 0.15) is 31.9 Å². The molecule has 4 heteroatoms. The lowest BCUT2D eigenvalue weighted by Crippen LogP contribution is -2.05. The molecular formula is C11H15NO3. The van der Waals surface area contributed by atoms with Crippen molar-refractivity contribution in [1.29, 1.82) is 0 Å². The smallest absolute Gasteiger partial charge is 0.275 e. The maximum atomic E-state index is 10.7. The molecule has 0 aromatic heterocycles. The second-order valence-corrected chi connectivity index (χ2v) is 3.96. The van der Waals surface area contributed by atoms with Gasteiger partial charge in [0.1, 0.15) is 0 Å². The molecule has 0 amide bonds. The molecule has 0 saturated heterocycles. The molecule has 15 heavy (non-hydrogen) atoms. The molecule has 0 aliphatic carbocycles. The van der Waals surface area contributed by atoms with E-state index in [1.165, 1.54) is 6.07 Å². The van der Waals surface area contributed by atoms with Crippen molar-refractivity contribution in [3.05, 3.63) is 39.9 Å². The van der Waals surface area contributed by atoms with Crippen LogP contribution in [0.5, 0.6) is 0 Å². The molecule has 0 unspecified atom stereocenters. The van der Waals surface area contributed by atoms with Crippen molar-refractivity contribution in [2.45, 2.75) is 26.4 Å². The number of hydrogen-bond acceptors (Lipinski definition) is 3. The first-order valence-electron chi connectivity index (χ1n) is 4.93. The van der Waals surface area contributed by atoms with Gasteiger partial charge in [-0.15, -0.1) is 0 Å². The maximum absolute atomic E-state index is 10.7. The fraction of sp³-hybridized carbons (Fsp3) is 0.455. The van der Waals surface area contributed by atoms with Crippen LogP contribution in [-0.4, -0.2) is 10.0 Å². The second-order valence-electron chi connectivity index (χ2n) is 3.96. The van der Waals surface area contributed by atoms with Gasteiger partial charge in [-0.05, 0) is 18.4 Å². The third-order valence-corrected chi connectivity index (χ3v) is 2.19. The van der Waals surface area contributed by atoms with E-state index in [2.05, 4.69) is 0 Å². The lowest BCUT2D eigenvalue weighted by atomic mass is 9.98. The van der Waals surface area contributed by atoms with Crippen LogP contribution < -0.4 is 0 Å². The molecule has 0 aliphatic heterocycles. The number of aliphatic hydroxyl groups excluding tert-OH is 1. The first kappa shape index (κ1) is 11.7. The van der Waals surface area contributed by atoms with E-state index in [4.69, 9.17) is 0 Å². The summed E-state index contributed by atoms with van der Waals surface area (Å²) in [7, 11) is 0. The third-order valence-electron chi connectivity index (χ3n) is 2.19. The lowest BCUT2D eigenvalue weighted by Gasteiger charge is -2.13. The van der Waals surface area contributed by atoms with E-state index in [0.29, 0.717) is 17.9 Å². The van der Waals surface area contributed by atoms with Gasteiger partial charge in [0.05, 0.1) is 16.6 Å². The van der Waals surface area contributed by atoms with Gasteiger partial charge in [0, 0.05) is 6.07 Å². The Morgan fingerprint density at radius 3 is 2.53 bits per heavy atom.